The molecule has 84 heavy (non-hydrogen) atoms. The van der Waals surface area contributed by atoms with Crippen molar-refractivity contribution in [2.45, 2.75) is 172 Å². The normalized spacial score (nSPS) is 17.7. The van der Waals surface area contributed by atoms with Crippen molar-refractivity contribution in [1.82, 2.24) is 47.0 Å². The fourth-order valence-corrected chi connectivity index (χ4v) is 10.4. The predicted octanol–water partition coefficient (Wildman–Crippen LogP) is -0.980. The van der Waals surface area contributed by atoms with E-state index in [-0.39, 0.29) is 95.0 Å². The Morgan fingerprint density at radius 3 is 1.69 bits per heavy atom. The summed E-state index contributed by atoms with van der Waals surface area (Å²) in [6, 6.07) is 2.85. The van der Waals surface area contributed by atoms with Gasteiger partial charge in [-0.2, -0.15) is 11.8 Å². The molecule has 2 aliphatic heterocycles. The summed E-state index contributed by atoms with van der Waals surface area (Å²) in [4.78, 5) is 144. The van der Waals surface area contributed by atoms with Gasteiger partial charge in [0.15, 0.2) is 5.96 Å². The highest BCUT2D eigenvalue weighted by molar-refractivity contribution is 7.98. The maximum absolute atomic E-state index is 14.7. The highest BCUT2D eigenvalue weighted by Crippen LogP contribution is 2.24. The van der Waals surface area contributed by atoms with Gasteiger partial charge in [0.1, 0.15) is 60.1 Å². The maximum atomic E-state index is 14.7. The molecule has 2 aromatic rings. The molecule has 0 aromatic heterocycles. The third kappa shape index (κ3) is 21.9. The van der Waals surface area contributed by atoms with Crippen LogP contribution in [0.2, 0.25) is 0 Å². The number of hydrogen-bond donors (Lipinski definition) is 13. The molecule has 2 heterocycles. The summed E-state index contributed by atoms with van der Waals surface area (Å²) >= 11 is 1.44. The van der Waals surface area contributed by atoms with Gasteiger partial charge >= 0.3 is 5.97 Å². The number of unbranched alkanes of at least 4 members (excludes halogenated alkanes) is 1. The van der Waals surface area contributed by atoms with E-state index in [2.05, 4.69) is 42.2 Å². The number of likely N-dealkylation sites (tertiary alicyclic amines) is 2. The number of carboxylic acid groups (broad SMARTS) is 1. The molecule has 4 rings (SSSR count). The second-order valence-electron chi connectivity index (χ2n) is 21.7. The van der Waals surface area contributed by atoms with E-state index in [0.717, 1.165) is 0 Å². The van der Waals surface area contributed by atoms with E-state index in [1.165, 1.54) is 40.6 Å². The molecule has 464 valence electrons. The number of carbonyl (C=O) groups excluding carboxylic acids is 9. The summed E-state index contributed by atoms with van der Waals surface area (Å²) in [5, 5.41) is 48.2. The first kappa shape index (κ1) is 69.0. The number of aliphatic carboxylic acids is 1. The summed E-state index contributed by atoms with van der Waals surface area (Å²) in [7, 11) is 0. The zero-order chi connectivity index (χ0) is 62.0. The van der Waals surface area contributed by atoms with Gasteiger partial charge in [0.2, 0.25) is 53.2 Å². The van der Waals surface area contributed by atoms with E-state index in [4.69, 9.17) is 17.2 Å². The smallest absolute Gasteiger partial charge is 0.326 e. The quantitative estimate of drug-likeness (QED) is 0.0228. The molecular weight excluding hydrogens is 1110 g/mol. The fraction of sp³-hybridized carbons (Fsp3) is 0.596. The Kier molecular flexibility index (Phi) is 28.7. The molecule has 0 saturated carbocycles. The Balaban J connectivity index is 1.46. The number of nitrogens with one attached hydrogen (secondary N) is 7. The third-order valence-corrected chi connectivity index (χ3v) is 15.1. The monoisotopic (exact) mass is 1190 g/mol. The van der Waals surface area contributed by atoms with E-state index in [0.29, 0.717) is 42.6 Å². The summed E-state index contributed by atoms with van der Waals surface area (Å²) in [5.74, 6) is -7.30. The van der Waals surface area contributed by atoms with Crippen LogP contribution in [0, 0.1) is 5.92 Å². The Hall–Kier alpha value is -7.52. The second-order valence-corrected chi connectivity index (χ2v) is 22.7. The number of aliphatic imine (C=N–C) groups is 1. The molecule has 16 N–H and O–H groups in total. The number of rotatable bonds is 34. The molecule has 0 aliphatic carbocycles. The topological polar surface area (TPSA) is 412 Å². The number of guanidine groups is 1. The molecule has 9 amide bonds. The minimum atomic E-state index is -1.52. The van der Waals surface area contributed by atoms with Crippen LogP contribution in [0.25, 0.3) is 0 Å². The average molecular weight is 1190 g/mol. The molecule has 0 radical (unpaired) electrons. The highest BCUT2D eigenvalue weighted by Gasteiger charge is 2.43. The zero-order valence-electron chi connectivity index (χ0n) is 48.7. The van der Waals surface area contributed by atoms with Gasteiger partial charge in [0.05, 0.1) is 12.6 Å². The van der Waals surface area contributed by atoms with Gasteiger partial charge < -0.3 is 79.5 Å². The third-order valence-electron chi connectivity index (χ3n) is 14.5. The molecule has 0 bridgehead atoms. The average Bonchev–Trinajstić information content (AvgIpc) is 4.32. The Labute approximate surface area is 494 Å². The fourth-order valence-electron chi connectivity index (χ4n) is 9.90. The van der Waals surface area contributed by atoms with Crippen LogP contribution in [0.15, 0.2) is 59.6 Å². The maximum Gasteiger partial charge on any atom is 0.326 e. The Morgan fingerprint density at radius 1 is 0.631 bits per heavy atom. The molecular formula is C57H87N13O13S. The van der Waals surface area contributed by atoms with Crippen molar-refractivity contribution >= 4 is 76.9 Å². The molecule has 10 atom stereocenters. The Morgan fingerprint density at radius 2 is 1.14 bits per heavy atom. The minimum absolute atomic E-state index is 0.00810. The van der Waals surface area contributed by atoms with Crippen LogP contribution in [-0.2, 0) is 60.8 Å². The summed E-state index contributed by atoms with van der Waals surface area (Å²) < 4.78 is 0. The van der Waals surface area contributed by atoms with Crippen LogP contribution in [0.4, 0.5) is 0 Å². The van der Waals surface area contributed by atoms with Crippen LogP contribution in [0.1, 0.15) is 109 Å². The van der Waals surface area contributed by atoms with Crippen LogP contribution in [-0.4, -0.2) is 189 Å². The summed E-state index contributed by atoms with van der Waals surface area (Å²) in [5.41, 5.74) is 18.1. The van der Waals surface area contributed by atoms with E-state index < -0.39 is 126 Å². The van der Waals surface area contributed by atoms with E-state index >= 15 is 0 Å². The lowest BCUT2D eigenvalue weighted by atomic mass is 10.0. The lowest BCUT2D eigenvalue weighted by Crippen LogP contribution is -2.60. The molecule has 27 heteroatoms. The second kappa shape index (κ2) is 34.9. The van der Waals surface area contributed by atoms with Gasteiger partial charge in [0, 0.05) is 26.1 Å². The number of aromatic hydroxyl groups is 1. The van der Waals surface area contributed by atoms with E-state index in [9.17, 15) is 63.3 Å². The standard InChI is InChI=1S/C57H87N13O13S/c1-6-7-16-39(63-50(76)43(31-35-14-9-8-10-15-35)66-51(77)44(32-71)68-48(74)38(58)30-36-20-22-37(72)23-21-36)54(80)69-26-12-18-45(69)52(78)64-40(24-28-84-5)55(81)70-27-13-19-46(70)53(79)67-42(29-33(2)3)49(75)62-34(4)47(73)65-41(56(82)83)17-11-25-61-57(59)60/h8-10,14-15,20-23,33-34,38-46,71-72H,6-7,11-13,16-19,24-32,58H2,1-5H3,(H,62,75)(H,63,76)(H,64,78)(H,65,73)(H,66,77)(H,67,79)(H,68,74)(H,82,83)(H4,59,60,61)/t34-,38+,39+,40+,41+,42+,43+,44+,45+,46+/m1/s1. The van der Waals surface area contributed by atoms with Gasteiger partial charge in [-0.15, -0.1) is 0 Å². The molecule has 2 aliphatic rings. The number of phenols is 1. The lowest BCUT2D eigenvalue weighted by molar-refractivity contribution is -0.145. The van der Waals surface area contributed by atoms with Gasteiger partial charge in [-0.05, 0) is 112 Å². The Bertz CT molecular complexity index is 2580. The highest BCUT2D eigenvalue weighted by atomic mass is 32.2. The van der Waals surface area contributed by atoms with Crippen LogP contribution in [0.3, 0.4) is 0 Å². The van der Waals surface area contributed by atoms with Crippen molar-refractivity contribution in [1.29, 1.82) is 0 Å². The molecule has 2 fully saturated rings. The van der Waals surface area contributed by atoms with Gasteiger partial charge in [-0.25, -0.2) is 4.79 Å². The number of amides is 9. The zero-order valence-corrected chi connectivity index (χ0v) is 49.5. The SMILES string of the molecule is CCCC[C@H](NC(=O)[C@H](Cc1ccccc1)NC(=O)[C@H](CO)NC(=O)[C@@H](N)Cc1ccc(O)cc1)C(=O)N1CCC[C@H]1C(=O)N[C@@H](CCSC)C(=O)N1CCC[C@H]1C(=O)N[C@@H](CC(C)C)C(=O)N[C@H](C)C(=O)N[C@@H](CCCN=C(N)N)C(=O)O. The number of hydrogen-bond acceptors (Lipinski definition) is 15. The number of thioether (sulfide) groups is 1. The summed E-state index contributed by atoms with van der Waals surface area (Å²) in [6.07, 6.45) is 5.08. The molecule has 2 aromatic carbocycles. The van der Waals surface area contributed by atoms with E-state index in [1.54, 1.807) is 42.5 Å². The number of carboxylic acids is 1. The predicted molar refractivity (Wildman–Crippen MR) is 315 cm³/mol. The first-order chi connectivity index (χ1) is 40.0. The number of aliphatic hydroxyl groups is 1. The van der Waals surface area contributed by atoms with Gasteiger partial charge in [-0.1, -0.05) is 76.1 Å². The number of nitrogens with two attached hydrogens (primary N) is 3. The minimum Gasteiger partial charge on any atom is -0.508 e. The van der Waals surface area contributed by atoms with Crippen LogP contribution < -0.4 is 54.4 Å². The van der Waals surface area contributed by atoms with Crippen molar-refractivity contribution < 1.29 is 63.3 Å². The molecule has 26 nitrogen and oxygen atoms in total. The molecule has 2 saturated heterocycles. The van der Waals surface area contributed by atoms with E-state index in [1.807, 2.05) is 27.0 Å². The first-order valence-electron chi connectivity index (χ1n) is 28.7. The number of phenolic OH excluding ortho intramolecular Hbond substituents is 1. The van der Waals surface area contributed by atoms with Crippen molar-refractivity contribution in [3.05, 3.63) is 65.7 Å². The first-order valence-corrected chi connectivity index (χ1v) is 30.1. The van der Waals surface area contributed by atoms with Crippen LogP contribution >= 0.6 is 11.8 Å². The molecule has 0 unspecified atom stereocenters. The van der Waals surface area contributed by atoms with Crippen LogP contribution in [0.5, 0.6) is 5.75 Å². The number of carbonyl (C=O) groups is 10. The van der Waals surface area contributed by atoms with Gasteiger partial charge in [0.25, 0.3) is 0 Å². The van der Waals surface area contributed by atoms with Gasteiger partial charge in [-0.3, -0.25) is 48.1 Å². The summed E-state index contributed by atoms with van der Waals surface area (Å²) in [6.45, 7) is 6.57. The number of nitrogens with zero attached hydrogens (tertiary/aromatic N) is 3. The molecule has 0 spiro atoms. The van der Waals surface area contributed by atoms with Crippen molar-refractivity contribution in [3.8, 4) is 5.75 Å². The van der Waals surface area contributed by atoms with Crippen molar-refractivity contribution in [2.24, 2.45) is 28.1 Å². The van der Waals surface area contributed by atoms with Crippen molar-refractivity contribution in [3.63, 3.8) is 0 Å². The van der Waals surface area contributed by atoms with Crippen molar-refractivity contribution in [2.75, 3.05) is 38.2 Å². The number of aliphatic hydroxyl groups excluding tert-OH is 1. The lowest BCUT2D eigenvalue weighted by Gasteiger charge is -2.32. The largest absolute Gasteiger partial charge is 0.508 e. The number of benzene rings is 2.